The first-order valence-electron chi connectivity index (χ1n) is 8.09. The summed E-state index contributed by atoms with van der Waals surface area (Å²) in [5, 5.41) is 1.21. The van der Waals surface area contributed by atoms with E-state index in [-0.39, 0.29) is 0 Å². The maximum atomic E-state index is 6.05. The van der Waals surface area contributed by atoms with E-state index in [2.05, 4.69) is 44.2 Å². The third kappa shape index (κ3) is 3.82. The average Bonchev–Trinajstić information content (AvgIpc) is 2.49. The Morgan fingerprint density at radius 2 is 1.86 bits per heavy atom. The second-order valence-corrected chi connectivity index (χ2v) is 6.98. The van der Waals surface area contributed by atoms with E-state index in [0.29, 0.717) is 11.5 Å². The Morgan fingerprint density at radius 3 is 2.67 bits per heavy atom. The number of fused-ring (bicyclic) bond motifs is 1. The number of para-hydroxylation sites is 1. The molecular weight excluding hydrogens is 258 g/mol. The average molecular weight is 283 g/mol. The minimum absolute atomic E-state index is 0.457. The fourth-order valence-corrected chi connectivity index (χ4v) is 3.12. The predicted octanol–water partition coefficient (Wildman–Crippen LogP) is 4.76. The van der Waals surface area contributed by atoms with Crippen LogP contribution >= 0.6 is 0 Å². The molecule has 21 heavy (non-hydrogen) atoms. The van der Waals surface area contributed by atoms with Gasteiger partial charge in [-0.25, -0.2) is 0 Å². The van der Waals surface area contributed by atoms with Crippen LogP contribution in [0.15, 0.2) is 36.4 Å². The number of pyridine rings is 1. The number of nitrogens with zero attached hydrogens (tertiary/aromatic N) is 1. The minimum atomic E-state index is 0.457. The normalized spacial score (nSPS) is 19.0. The second-order valence-electron chi connectivity index (χ2n) is 6.98. The van der Waals surface area contributed by atoms with Crippen molar-refractivity contribution in [3.05, 3.63) is 42.1 Å². The highest BCUT2D eigenvalue weighted by molar-refractivity contribution is 5.78. The Hall–Kier alpha value is -1.41. The molecule has 1 aromatic heterocycles. The van der Waals surface area contributed by atoms with Crippen LogP contribution in [0.4, 0.5) is 0 Å². The first-order valence-corrected chi connectivity index (χ1v) is 8.09. The number of benzene rings is 1. The van der Waals surface area contributed by atoms with Crippen LogP contribution < -0.4 is 0 Å². The van der Waals surface area contributed by atoms with Crippen LogP contribution in [0.25, 0.3) is 10.9 Å². The Morgan fingerprint density at radius 1 is 1.10 bits per heavy atom. The van der Waals surface area contributed by atoms with E-state index in [1.807, 2.05) is 6.07 Å². The lowest BCUT2D eigenvalue weighted by atomic mass is 9.76. The van der Waals surface area contributed by atoms with Gasteiger partial charge < -0.3 is 4.74 Å². The van der Waals surface area contributed by atoms with Crippen LogP contribution in [0.3, 0.4) is 0 Å². The van der Waals surface area contributed by atoms with Crippen molar-refractivity contribution < 1.29 is 4.74 Å². The molecule has 0 radical (unpaired) electrons. The minimum Gasteiger partial charge on any atom is -0.378 e. The van der Waals surface area contributed by atoms with Crippen molar-refractivity contribution in [2.24, 2.45) is 5.41 Å². The fourth-order valence-electron chi connectivity index (χ4n) is 3.12. The van der Waals surface area contributed by atoms with Gasteiger partial charge >= 0.3 is 0 Å². The zero-order valence-electron chi connectivity index (χ0n) is 13.1. The summed E-state index contributed by atoms with van der Waals surface area (Å²) < 4.78 is 6.05. The van der Waals surface area contributed by atoms with Crippen LogP contribution in [0, 0.1) is 5.41 Å². The van der Waals surface area contributed by atoms with Gasteiger partial charge in [0.25, 0.3) is 0 Å². The highest BCUT2D eigenvalue weighted by Crippen LogP contribution is 2.36. The van der Waals surface area contributed by atoms with Gasteiger partial charge in [0.2, 0.25) is 0 Å². The molecule has 2 nitrogen and oxygen atoms in total. The van der Waals surface area contributed by atoms with Gasteiger partial charge in [-0.3, -0.25) is 4.98 Å². The maximum Gasteiger partial charge on any atom is 0.0705 e. The Bertz CT molecular complexity index is 595. The smallest absolute Gasteiger partial charge is 0.0705 e. The van der Waals surface area contributed by atoms with E-state index in [1.165, 1.54) is 31.1 Å². The van der Waals surface area contributed by atoms with E-state index >= 15 is 0 Å². The molecule has 0 amide bonds. The molecule has 112 valence electrons. The molecule has 3 rings (SSSR count). The van der Waals surface area contributed by atoms with Crippen LogP contribution in [0.5, 0.6) is 0 Å². The molecule has 1 aromatic carbocycles. The zero-order chi connectivity index (χ0) is 14.7. The van der Waals surface area contributed by atoms with Crippen molar-refractivity contribution in [2.45, 2.75) is 52.1 Å². The van der Waals surface area contributed by atoms with Gasteiger partial charge in [0, 0.05) is 17.5 Å². The Labute approximate surface area is 127 Å². The van der Waals surface area contributed by atoms with Gasteiger partial charge in [0.1, 0.15) is 0 Å². The van der Waals surface area contributed by atoms with Gasteiger partial charge in [-0.05, 0) is 43.2 Å². The van der Waals surface area contributed by atoms with Gasteiger partial charge in [-0.2, -0.15) is 0 Å². The lowest BCUT2D eigenvalue weighted by molar-refractivity contribution is 0.00566. The summed E-state index contributed by atoms with van der Waals surface area (Å²) >= 11 is 0. The molecule has 0 spiro atoms. The molecule has 2 aromatic rings. The van der Waals surface area contributed by atoms with E-state index < -0.39 is 0 Å². The van der Waals surface area contributed by atoms with Crippen molar-refractivity contribution in [3.63, 3.8) is 0 Å². The topological polar surface area (TPSA) is 22.1 Å². The monoisotopic (exact) mass is 283 g/mol. The molecule has 0 unspecified atom stereocenters. The number of hydrogen-bond acceptors (Lipinski definition) is 2. The van der Waals surface area contributed by atoms with E-state index in [1.54, 1.807) is 0 Å². The molecule has 1 fully saturated rings. The summed E-state index contributed by atoms with van der Waals surface area (Å²) in [6.07, 6.45) is 6.34. The van der Waals surface area contributed by atoms with E-state index in [4.69, 9.17) is 9.72 Å². The molecule has 1 heterocycles. The highest BCUT2D eigenvalue weighted by atomic mass is 16.5. The molecule has 1 aliphatic carbocycles. The number of aromatic nitrogens is 1. The van der Waals surface area contributed by atoms with Crippen LogP contribution in [-0.4, -0.2) is 17.7 Å². The number of hydrogen-bond donors (Lipinski definition) is 0. The van der Waals surface area contributed by atoms with E-state index in [9.17, 15) is 0 Å². The van der Waals surface area contributed by atoms with Crippen LogP contribution in [0.1, 0.15) is 45.2 Å². The second kappa shape index (κ2) is 6.15. The van der Waals surface area contributed by atoms with Gasteiger partial charge in [-0.1, -0.05) is 38.1 Å². The molecule has 0 atom stereocenters. The fraction of sp³-hybridized carbons (Fsp3) is 0.526. The summed E-state index contributed by atoms with van der Waals surface area (Å²) in [4.78, 5) is 4.70. The van der Waals surface area contributed by atoms with Gasteiger partial charge in [0.15, 0.2) is 0 Å². The lowest BCUT2D eigenvalue weighted by Gasteiger charge is -2.34. The first kappa shape index (κ1) is 14.5. The van der Waals surface area contributed by atoms with Crippen molar-refractivity contribution >= 4 is 10.9 Å². The standard InChI is InChI=1S/C19H25NO/c1-19(2)12-9-17(10-13-19)21-14-11-16-8-7-15-5-3-4-6-18(15)20-16/h3-8,17H,9-14H2,1-2H3. The van der Waals surface area contributed by atoms with Crippen molar-refractivity contribution in [3.8, 4) is 0 Å². The third-order valence-corrected chi connectivity index (χ3v) is 4.65. The van der Waals surface area contributed by atoms with Gasteiger partial charge in [-0.15, -0.1) is 0 Å². The molecule has 1 aliphatic rings. The summed E-state index contributed by atoms with van der Waals surface area (Å²) in [7, 11) is 0. The van der Waals surface area contributed by atoms with Gasteiger partial charge in [0.05, 0.1) is 18.2 Å². The summed E-state index contributed by atoms with van der Waals surface area (Å²) in [5.74, 6) is 0. The van der Waals surface area contributed by atoms with Crippen molar-refractivity contribution in [1.29, 1.82) is 0 Å². The largest absolute Gasteiger partial charge is 0.378 e. The predicted molar refractivity (Wildman–Crippen MR) is 87.4 cm³/mol. The first-order chi connectivity index (χ1) is 10.1. The highest BCUT2D eigenvalue weighted by Gasteiger charge is 2.26. The molecule has 0 bridgehead atoms. The summed E-state index contributed by atoms with van der Waals surface area (Å²) in [5.41, 5.74) is 2.72. The number of ether oxygens (including phenoxy) is 1. The molecule has 1 saturated carbocycles. The molecular formula is C19H25NO. The van der Waals surface area contributed by atoms with E-state index in [0.717, 1.165) is 24.2 Å². The SMILES string of the molecule is CC1(C)CCC(OCCc2ccc3ccccc3n2)CC1. The summed E-state index contributed by atoms with van der Waals surface area (Å²) in [6, 6.07) is 12.5. The molecule has 0 aliphatic heterocycles. The van der Waals surface area contributed by atoms with Crippen molar-refractivity contribution in [2.75, 3.05) is 6.61 Å². The number of rotatable bonds is 4. The molecule has 0 saturated heterocycles. The van der Waals surface area contributed by atoms with Crippen LogP contribution in [0.2, 0.25) is 0 Å². The Kier molecular flexibility index (Phi) is 4.25. The quantitative estimate of drug-likeness (QED) is 0.807. The third-order valence-electron chi connectivity index (χ3n) is 4.65. The van der Waals surface area contributed by atoms with Crippen molar-refractivity contribution in [1.82, 2.24) is 4.98 Å². The van der Waals surface area contributed by atoms with Crippen LogP contribution in [-0.2, 0) is 11.2 Å². The zero-order valence-corrected chi connectivity index (χ0v) is 13.1. The summed E-state index contributed by atoms with van der Waals surface area (Å²) in [6.45, 7) is 5.51. The molecule has 0 N–H and O–H groups in total. The maximum absolute atomic E-state index is 6.05. The Balaban J connectivity index is 1.50. The lowest BCUT2D eigenvalue weighted by Crippen LogP contribution is -2.27. The molecule has 2 heteroatoms.